The van der Waals surface area contributed by atoms with Gasteiger partial charge in [-0.25, -0.2) is 0 Å². The summed E-state index contributed by atoms with van der Waals surface area (Å²) in [5, 5.41) is 0. The van der Waals surface area contributed by atoms with Crippen LogP contribution in [0.25, 0.3) is 5.57 Å². The minimum atomic E-state index is -0.278. The number of hydrogen-bond acceptors (Lipinski definition) is 2. The summed E-state index contributed by atoms with van der Waals surface area (Å²) in [5.41, 5.74) is 10.7. The Labute approximate surface area is 191 Å². The first-order chi connectivity index (χ1) is 15.7. The molecule has 32 heavy (non-hydrogen) atoms. The summed E-state index contributed by atoms with van der Waals surface area (Å²) in [6.07, 6.45) is 5.98. The molecule has 3 aromatic carbocycles. The molecule has 3 aromatic rings. The number of hydrogen-bond donors (Lipinski definition) is 0. The predicted octanol–water partition coefficient (Wildman–Crippen LogP) is 6.17. The van der Waals surface area contributed by atoms with E-state index in [2.05, 4.69) is 96.4 Å². The second-order valence-electron chi connectivity index (χ2n) is 8.30. The molecule has 2 unspecified atom stereocenters. The van der Waals surface area contributed by atoms with Gasteiger partial charge in [0.25, 0.3) is 0 Å². The average molecular weight is 420 g/mol. The fraction of sp³-hybridized carbons (Fsp3) is 0.200. The van der Waals surface area contributed by atoms with E-state index in [9.17, 15) is 4.79 Å². The van der Waals surface area contributed by atoms with E-state index in [1.807, 2.05) is 25.1 Å². The van der Waals surface area contributed by atoms with Gasteiger partial charge in [0.1, 0.15) is 6.29 Å². The summed E-state index contributed by atoms with van der Waals surface area (Å²) in [5.74, 6) is 0. The van der Waals surface area contributed by atoms with Crippen molar-refractivity contribution in [2.75, 3.05) is 0 Å². The maximum atomic E-state index is 12.2. The first kappa shape index (κ1) is 21.8. The molecule has 2 heteroatoms. The van der Waals surface area contributed by atoms with Crippen molar-refractivity contribution < 1.29 is 4.79 Å². The van der Waals surface area contributed by atoms with Gasteiger partial charge >= 0.3 is 0 Å². The number of aldehydes is 1. The maximum absolute atomic E-state index is 12.2. The van der Waals surface area contributed by atoms with Gasteiger partial charge in [-0.3, -0.25) is 4.90 Å². The molecule has 1 heterocycles. The minimum Gasteiger partial charge on any atom is -0.301 e. The van der Waals surface area contributed by atoms with Crippen molar-refractivity contribution in [1.82, 2.24) is 4.90 Å². The van der Waals surface area contributed by atoms with Gasteiger partial charge in [0.05, 0.1) is 12.1 Å². The highest BCUT2D eigenvalue weighted by Crippen LogP contribution is 2.37. The molecule has 1 aliphatic heterocycles. The lowest BCUT2D eigenvalue weighted by Gasteiger charge is -2.31. The minimum absolute atomic E-state index is 0.0244. The first-order valence-corrected chi connectivity index (χ1v) is 11.2. The summed E-state index contributed by atoms with van der Waals surface area (Å²) < 4.78 is 0. The Balaban J connectivity index is 1.81. The number of rotatable bonds is 7. The van der Waals surface area contributed by atoms with Crippen LogP contribution in [0.15, 0.2) is 108 Å². The molecule has 0 saturated carbocycles. The van der Waals surface area contributed by atoms with Crippen LogP contribution in [0.2, 0.25) is 0 Å². The Morgan fingerprint density at radius 2 is 1.62 bits per heavy atom. The van der Waals surface area contributed by atoms with Crippen LogP contribution < -0.4 is 0 Å². The van der Waals surface area contributed by atoms with Crippen LogP contribution in [-0.4, -0.2) is 23.3 Å². The molecular weight excluding hydrogens is 390 g/mol. The van der Waals surface area contributed by atoms with Crippen LogP contribution in [0.5, 0.6) is 0 Å². The lowest BCUT2D eigenvalue weighted by molar-refractivity contribution is -0.111. The number of carbonyl (C=O) groups excluding carboxylic acids is 1. The molecular formula is C30H29NO. The Hall–Kier alpha value is -3.45. The molecule has 0 radical (unpaired) electrons. The smallest absolute Gasteiger partial charge is 0.141 e. The second-order valence-corrected chi connectivity index (χ2v) is 8.30. The summed E-state index contributed by atoms with van der Waals surface area (Å²) in [4.78, 5) is 14.5. The fourth-order valence-corrected chi connectivity index (χ4v) is 4.52. The third-order valence-electron chi connectivity index (χ3n) is 5.96. The van der Waals surface area contributed by atoms with Crippen molar-refractivity contribution in [3.63, 3.8) is 0 Å². The molecule has 0 saturated heterocycles. The van der Waals surface area contributed by atoms with Crippen LogP contribution in [0.1, 0.15) is 29.2 Å². The van der Waals surface area contributed by atoms with E-state index in [-0.39, 0.29) is 12.1 Å². The van der Waals surface area contributed by atoms with Gasteiger partial charge in [-0.1, -0.05) is 96.6 Å². The molecule has 0 spiro atoms. The number of benzene rings is 3. The van der Waals surface area contributed by atoms with E-state index in [0.717, 1.165) is 12.7 Å². The van der Waals surface area contributed by atoms with Crippen LogP contribution in [0.4, 0.5) is 0 Å². The Morgan fingerprint density at radius 1 is 0.938 bits per heavy atom. The molecule has 4 rings (SSSR count). The van der Waals surface area contributed by atoms with Gasteiger partial charge < -0.3 is 4.79 Å². The van der Waals surface area contributed by atoms with Gasteiger partial charge in [0.2, 0.25) is 0 Å². The quantitative estimate of drug-likeness (QED) is 0.337. The van der Waals surface area contributed by atoms with Crippen molar-refractivity contribution in [3.05, 3.63) is 131 Å². The summed E-state index contributed by atoms with van der Waals surface area (Å²) in [6, 6.07) is 29.1. The van der Waals surface area contributed by atoms with Gasteiger partial charge in [0.15, 0.2) is 0 Å². The highest BCUT2D eigenvalue weighted by Gasteiger charge is 2.37. The Kier molecular flexibility index (Phi) is 6.97. The van der Waals surface area contributed by atoms with Crippen molar-refractivity contribution in [1.29, 1.82) is 0 Å². The summed E-state index contributed by atoms with van der Waals surface area (Å²) in [7, 11) is 0. The molecule has 0 aromatic heterocycles. The molecule has 160 valence electrons. The van der Waals surface area contributed by atoms with Gasteiger partial charge in [0, 0.05) is 13.0 Å². The SMILES string of the molecule is CC=C=C(Cc1ccccc1)C1C(c2cccc(C)c2)=CC(C=O)N1Cc1ccccc1. The van der Waals surface area contributed by atoms with Crippen molar-refractivity contribution >= 4 is 11.9 Å². The topological polar surface area (TPSA) is 20.3 Å². The number of carbonyl (C=O) groups is 1. The Bertz CT molecular complexity index is 1150. The number of aryl methyl sites for hydroxylation is 1. The van der Waals surface area contributed by atoms with Gasteiger partial charge in [-0.2, -0.15) is 0 Å². The molecule has 2 atom stereocenters. The lowest BCUT2D eigenvalue weighted by Crippen LogP contribution is -2.39. The highest BCUT2D eigenvalue weighted by molar-refractivity contribution is 5.81. The van der Waals surface area contributed by atoms with Crippen molar-refractivity contribution in [2.24, 2.45) is 0 Å². The van der Waals surface area contributed by atoms with Gasteiger partial charge in [-0.15, -0.1) is 5.73 Å². The predicted molar refractivity (Wildman–Crippen MR) is 132 cm³/mol. The number of nitrogens with zero attached hydrogens (tertiary/aromatic N) is 1. The van der Waals surface area contributed by atoms with E-state index in [1.54, 1.807) is 0 Å². The van der Waals surface area contributed by atoms with Crippen molar-refractivity contribution in [2.45, 2.75) is 38.9 Å². The zero-order valence-corrected chi connectivity index (χ0v) is 18.7. The summed E-state index contributed by atoms with van der Waals surface area (Å²) >= 11 is 0. The van der Waals surface area contributed by atoms with Gasteiger partial charge in [-0.05, 0) is 47.8 Å². The van der Waals surface area contributed by atoms with Crippen LogP contribution in [-0.2, 0) is 17.8 Å². The van der Waals surface area contributed by atoms with Crippen LogP contribution in [0.3, 0.4) is 0 Å². The molecule has 0 aliphatic carbocycles. The normalized spacial score (nSPS) is 18.0. The zero-order valence-electron chi connectivity index (χ0n) is 18.7. The average Bonchev–Trinajstić information content (AvgIpc) is 3.18. The van der Waals surface area contributed by atoms with E-state index in [1.165, 1.54) is 33.4 Å². The Morgan fingerprint density at radius 3 is 2.25 bits per heavy atom. The molecule has 0 bridgehead atoms. The van der Waals surface area contributed by atoms with E-state index < -0.39 is 0 Å². The zero-order chi connectivity index (χ0) is 22.3. The molecule has 0 fully saturated rings. The largest absolute Gasteiger partial charge is 0.301 e. The summed E-state index contributed by atoms with van der Waals surface area (Å²) in [6.45, 7) is 4.82. The fourth-order valence-electron chi connectivity index (χ4n) is 4.52. The van der Waals surface area contributed by atoms with Crippen LogP contribution >= 0.6 is 0 Å². The van der Waals surface area contributed by atoms with Crippen LogP contribution in [0, 0.1) is 6.92 Å². The van der Waals surface area contributed by atoms with E-state index in [4.69, 9.17) is 0 Å². The third-order valence-corrected chi connectivity index (χ3v) is 5.96. The molecule has 1 aliphatic rings. The standard InChI is InChI=1S/C30H29NO/c1-3-11-27(19-24-13-6-4-7-14-24)30-29(26-17-10-12-23(2)18-26)20-28(22-32)31(30)21-25-15-8-5-9-16-25/h3-10,12-18,20,22,28,30H,19,21H2,1-2H3. The molecule has 0 amide bonds. The monoisotopic (exact) mass is 419 g/mol. The highest BCUT2D eigenvalue weighted by atomic mass is 16.1. The van der Waals surface area contributed by atoms with E-state index >= 15 is 0 Å². The van der Waals surface area contributed by atoms with Crippen molar-refractivity contribution in [3.8, 4) is 0 Å². The van der Waals surface area contributed by atoms with E-state index in [0.29, 0.717) is 6.54 Å². The molecule has 0 N–H and O–H groups in total. The lowest BCUT2D eigenvalue weighted by atomic mass is 9.90. The molecule has 2 nitrogen and oxygen atoms in total. The third kappa shape index (κ3) is 4.89. The second kappa shape index (κ2) is 10.2. The first-order valence-electron chi connectivity index (χ1n) is 11.2. The maximum Gasteiger partial charge on any atom is 0.141 e.